The fraction of sp³-hybridized carbons (Fsp3) is 0.714. The van der Waals surface area contributed by atoms with Gasteiger partial charge in [-0.15, -0.1) is 0 Å². The predicted octanol–water partition coefficient (Wildman–Crippen LogP) is 3.15. The van der Waals surface area contributed by atoms with Crippen molar-refractivity contribution in [3.63, 3.8) is 0 Å². The van der Waals surface area contributed by atoms with Crippen LogP contribution in [0.1, 0.15) is 72.5 Å². The molecular weight excluding hydrogens is 230 g/mol. The van der Waals surface area contributed by atoms with Crippen molar-refractivity contribution in [3.8, 4) is 0 Å². The predicted molar refractivity (Wildman–Crippen MR) is 63.6 cm³/mol. The molecule has 0 amide bonds. The first-order chi connectivity index (χ1) is 8.75. The van der Waals surface area contributed by atoms with Crippen molar-refractivity contribution in [2.45, 2.75) is 50.4 Å². The Labute approximate surface area is 105 Å². The van der Waals surface area contributed by atoms with Crippen LogP contribution in [0.3, 0.4) is 0 Å². The third kappa shape index (κ3) is 1.51. The van der Waals surface area contributed by atoms with Gasteiger partial charge < -0.3 is 9.52 Å². The van der Waals surface area contributed by atoms with Gasteiger partial charge in [0.1, 0.15) is 0 Å². The van der Waals surface area contributed by atoms with Crippen LogP contribution in [0.5, 0.6) is 0 Å². The number of hydrogen-bond acceptors (Lipinski definition) is 3. The van der Waals surface area contributed by atoms with Crippen molar-refractivity contribution < 1.29 is 14.3 Å². The second kappa shape index (κ2) is 3.59. The van der Waals surface area contributed by atoms with E-state index in [4.69, 9.17) is 4.42 Å². The zero-order valence-corrected chi connectivity index (χ0v) is 10.3. The van der Waals surface area contributed by atoms with E-state index in [0.29, 0.717) is 35.3 Å². The Hall–Kier alpha value is -1.32. The van der Waals surface area contributed by atoms with E-state index in [-0.39, 0.29) is 5.76 Å². The molecule has 2 unspecified atom stereocenters. The van der Waals surface area contributed by atoms with Crippen LogP contribution in [0, 0.1) is 11.8 Å². The molecule has 1 aromatic heterocycles. The van der Waals surface area contributed by atoms with E-state index in [9.17, 15) is 9.90 Å². The Balaban J connectivity index is 1.65. The van der Waals surface area contributed by atoms with Gasteiger partial charge in [-0.3, -0.25) is 0 Å². The minimum absolute atomic E-state index is 0.108. The lowest BCUT2D eigenvalue weighted by molar-refractivity contribution is 0.0658. The van der Waals surface area contributed by atoms with Gasteiger partial charge in [-0.1, -0.05) is 12.8 Å². The summed E-state index contributed by atoms with van der Waals surface area (Å²) >= 11 is 0. The molecule has 1 heterocycles. The van der Waals surface area contributed by atoms with E-state index in [1.165, 1.54) is 25.7 Å². The molecule has 96 valence electrons. The fourth-order valence-corrected chi connectivity index (χ4v) is 3.64. The molecule has 0 bridgehead atoms. The third-order valence-electron chi connectivity index (χ3n) is 4.77. The lowest BCUT2D eigenvalue weighted by atomic mass is 10.0. The van der Waals surface area contributed by atoms with Gasteiger partial charge in [0.15, 0.2) is 5.89 Å². The molecule has 1 aromatic rings. The Morgan fingerprint density at radius 3 is 2.39 bits per heavy atom. The summed E-state index contributed by atoms with van der Waals surface area (Å²) in [6, 6.07) is 0. The molecule has 3 aliphatic carbocycles. The molecule has 4 rings (SSSR count). The number of fused-ring (bicyclic) bond motifs is 1. The molecule has 3 aliphatic rings. The molecule has 0 aromatic carbocycles. The standard InChI is InChI=1S/C14H17NO3/c16-14(17)12-11(7-5-6-7)15-13(18-12)10-8-3-1-2-4-9(8)10/h7-10H,1-6H2,(H,16,17). The molecule has 0 spiro atoms. The van der Waals surface area contributed by atoms with Crippen molar-refractivity contribution in [2.75, 3.05) is 0 Å². The van der Waals surface area contributed by atoms with E-state index in [1.54, 1.807) is 0 Å². The Morgan fingerprint density at radius 2 is 1.83 bits per heavy atom. The fourth-order valence-electron chi connectivity index (χ4n) is 3.64. The molecule has 0 aliphatic heterocycles. The average Bonchev–Trinajstić information content (AvgIpc) is 3.27. The molecule has 1 N–H and O–H groups in total. The number of carboxylic acids is 1. The van der Waals surface area contributed by atoms with Crippen molar-refractivity contribution in [3.05, 3.63) is 17.3 Å². The number of rotatable bonds is 3. The van der Waals surface area contributed by atoms with Gasteiger partial charge in [-0.25, -0.2) is 9.78 Å². The first kappa shape index (κ1) is 10.6. The summed E-state index contributed by atoms with van der Waals surface area (Å²) < 4.78 is 5.58. The molecule has 0 saturated heterocycles. The number of aromatic carboxylic acids is 1. The third-order valence-corrected chi connectivity index (χ3v) is 4.77. The maximum absolute atomic E-state index is 11.2. The minimum atomic E-state index is -0.959. The van der Waals surface area contributed by atoms with Crippen molar-refractivity contribution >= 4 is 5.97 Å². The number of hydrogen-bond donors (Lipinski definition) is 1. The van der Waals surface area contributed by atoms with Gasteiger partial charge in [-0.05, 0) is 37.5 Å². The van der Waals surface area contributed by atoms with E-state index in [1.807, 2.05) is 0 Å². The molecule has 3 saturated carbocycles. The zero-order valence-electron chi connectivity index (χ0n) is 10.3. The SMILES string of the molecule is O=C(O)c1oc(C2C3CCCCC32)nc1C1CC1. The smallest absolute Gasteiger partial charge is 0.373 e. The summed E-state index contributed by atoms with van der Waals surface area (Å²) in [7, 11) is 0. The molecule has 2 atom stereocenters. The lowest BCUT2D eigenvalue weighted by Gasteiger charge is -2.04. The minimum Gasteiger partial charge on any atom is -0.475 e. The summed E-state index contributed by atoms with van der Waals surface area (Å²) in [6.45, 7) is 0. The number of aromatic nitrogens is 1. The van der Waals surface area contributed by atoms with Crippen molar-refractivity contribution in [2.24, 2.45) is 11.8 Å². The van der Waals surface area contributed by atoms with Crippen molar-refractivity contribution in [1.82, 2.24) is 4.98 Å². The normalized spacial score (nSPS) is 34.1. The molecule has 4 heteroatoms. The molecular formula is C14H17NO3. The maximum atomic E-state index is 11.2. The Morgan fingerprint density at radius 1 is 1.17 bits per heavy atom. The largest absolute Gasteiger partial charge is 0.475 e. The summed E-state index contributed by atoms with van der Waals surface area (Å²) in [5, 5.41) is 9.18. The monoisotopic (exact) mass is 247 g/mol. The van der Waals surface area contributed by atoms with Gasteiger partial charge in [-0.2, -0.15) is 0 Å². The highest BCUT2D eigenvalue weighted by Gasteiger charge is 2.54. The topological polar surface area (TPSA) is 63.3 Å². The molecule has 3 fully saturated rings. The summed E-state index contributed by atoms with van der Waals surface area (Å²) in [4.78, 5) is 15.7. The average molecular weight is 247 g/mol. The van der Waals surface area contributed by atoms with Gasteiger partial charge >= 0.3 is 5.97 Å². The highest BCUT2D eigenvalue weighted by molar-refractivity contribution is 5.86. The van der Waals surface area contributed by atoms with Crippen LogP contribution in [0.15, 0.2) is 4.42 Å². The van der Waals surface area contributed by atoms with E-state index in [2.05, 4.69) is 4.98 Å². The molecule has 4 nitrogen and oxygen atoms in total. The second-order valence-electron chi connectivity index (χ2n) is 5.98. The van der Waals surface area contributed by atoms with E-state index in [0.717, 1.165) is 12.8 Å². The van der Waals surface area contributed by atoms with Crippen LogP contribution in [0.25, 0.3) is 0 Å². The Kier molecular flexibility index (Phi) is 2.11. The van der Waals surface area contributed by atoms with Gasteiger partial charge in [0.05, 0.1) is 5.69 Å². The van der Waals surface area contributed by atoms with E-state index >= 15 is 0 Å². The summed E-state index contributed by atoms with van der Waals surface area (Å²) in [5.74, 6) is 2.05. The van der Waals surface area contributed by atoms with Crippen LogP contribution in [-0.4, -0.2) is 16.1 Å². The number of oxazole rings is 1. The van der Waals surface area contributed by atoms with Crippen LogP contribution in [0.2, 0.25) is 0 Å². The zero-order chi connectivity index (χ0) is 12.3. The highest BCUT2D eigenvalue weighted by Crippen LogP contribution is 2.61. The van der Waals surface area contributed by atoms with Crippen LogP contribution >= 0.6 is 0 Å². The quantitative estimate of drug-likeness (QED) is 0.891. The highest BCUT2D eigenvalue weighted by atomic mass is 16.4. The van der Waals surface area contributed by atoms with Crippen LogP contribution < -0.4 is 0 Å². The van der Waals surface area contributed by atoms with Gasteiger partial charge in [0, 0.05) is 11.8 Å². The number of carboxylic acid groups (broad SMARTS) is 1. The summed E-state index contributed by atoms with van der Waals surface area (Å²) in [5.41, 5.74) is 0.709. The summed E-state index contributed by atoms with van der Waals surface area (Å²) in [6.07, 6.45) is 7.25. The van der Waals surface area contributed by atoms with Gasteiger partial charge in [0.2, 0.25) is 5.76 Å². The first-order valence-corrected chi connectivity index (χ1v) is 6.99. The van der Waals surface area contributed by atoms with Crippen molar-refractivity contribution in [1.29, 1.82) is 0 Å². The Bertz CT molecular complexity index is 491. The number of nitrogens with zero attached hydrogens (tertiary/aromatic N) is 1. The van der Waals surface area contributed by atoms with Gasteiger partial charge in [0.25, 0.3) is 0 Å². The van der Waals surface area contributed by atoms with Crippen LogP contribution in [0.4, 0.5) is 0 Å². The molecule has 18 heavy (non-hydrogen) atoms. The number of carbonyl (C=O) groups is 1. The maximum Gasteiger partial charge on any atom is 0.373 e. The lowest BCUT2D eigenvalue weighted by Crippen LogP contribution is -1.98. The van der Waals surface area contributed by atoms with E-state index < -0.39 is 5.97 Å². The first-order valence-electron chi connectivity index (χ1n) is 6.99. The second-order valence-corrected chi connectivity index (χ2v) is 5.98. The van der Waals surface area contributed by atoms with Crippen LogP contribution in [-0.2, 0) is 0 Å². The molecule has 0 radical (unpaired) electrons.